The summed E-state index contributed by atoms with van der Waals surface area (Å²) >= 11 is 0. The average molecular weight is 537 g/mol. The van der Waals surface area contributed by atoms with Gasteiger partial charge in [0.25, 0.3) is 0 Å². The summed E-state index contributed by atoms with van der Waals surface area (Å²) < 4.78 is 12.4. The Morgan fingerprint density at radius 2 is 1.79 bits per heavy atom. The Morgan fingerprint density at radius 3 is 2.51 bits per heavy atom. The van der Waals surface area contributed by atoms with Crippen LogP contribution in [0.2, 0.25) is 0 Å². The fourth-order valence-electron chi connectivity index (χ4n) is 6.11. The molecule has 3 aliphatic rings. The van der Waals surface area contributed by atoms with Crippen LogP contribution < -0.4 is 0 Å². The molecule has 2 fully saturated rings. The van der Waals surface area contributed by atoms with E-state index in [1.165, 1.54) is 11.1 Å². The molecule has 1 saturated heterocycles. The van der Waals surface area contributed by atoms with Crippen LogP contribution in [0.25, 0.3) is 0 Å². The van der Waals surface area contributed by atoms with Gasteiger partial charge in [0.15, 0.2) is 0 Å². The summed E-state index contributed by atoms with van der Waals surface area (Å²) in [4.78, 5) is 0. The fraction of sp³-hybridized carbons (Fsp3) is 0.588. The highest BCUT2D eigenvalue weighted by molar-refractivity contribution is 5.21. The van der Waals surface area contributed by atoms with Gasteiger partial charge in [0.2, 0.25) is 0 Å². The topological polar surface area (TPSA) is 79.2 Å². The van der Waals surface area contributed by atoms with Crippen molar-refractivity contribution in [2.24, 2.45) is 23.7 Å². The van der Waals surface area contributed by atoms with E-state index in [-0.39, 0.29) is 18.3 Å². The van der Waals surface area contributed by atoms with Crippen LogP contribution >= 0.6 is 0 Å². The predicted octanol–water partition coefficient (Wildman–Crippen LogP) is 6.08. The van der Waals surface area contributed by atoms with Crippen molar-refractivity contribution in [1.29, 1.82) is 0 Å². The number of hydrogen-bond donors (Lipinski definition) is 3. The van der Waals surface area contributed by atoms with Crippen LogP contribution in [0.15, 0.2) is 77.9 Å². The quantitative estimate of drug-likeness (QED) is 0.316. The van der Waals surface area contributed by atoms with Gasteiger partial charge >= 0.3 is 0 Å². The van der Waals surface area contributed by atoms with Gasteiger partial charge in [0, 0.05) is 12.8 Å². The lowest BCUT2D eigenvalue weighted by Crippen LogP contribution is -2.47. The molecule has 39 heavy (non-hydrogen) atoms. The molecule has 1 aromatic carbocycles. The second-order valence-electron chi connectivity index (χ2n) is 11.9. The molecule has 1 aromatic rings. The van der Waals surface area contributed by atoms with E-state index < -0.39 is 24.4 Å². The minimum Gasteiger partial charge on any atom is -0.390 e. The van der Waals surface area contributed by atoms with Crippen molar-refractivity contribution in [2.45, 2.75) is 103 Å². The molecule has 214 valence electrons. The lowest BCUT2D eigenvalue weighted by molar-refractivity contribution is -0.158. The lowest BCUT2D eigenvalue weighted by Gasteiger charge is -2.36. The highest BCUT2D eigenvalue weighted by atomic mass is 16.5. The first kappa shape index (κ1) is 30.0. The van der Waals surface area contributed by atoms with Gasteiger partial charge in [-0.25, -0.2) is 0 Å². The van der Waals surface area contributed by atoms with Crippen molar-refractivity contribution in [2.75, 3.05) is 0 Å². The zero-order chi connectivity index (χ0) is 28.1. The number of benzene rings is 1. The van der Waals surface area contributed by atoms with Crippen LogP contribution in [0.5, 0.6) is 0 Å². The maximum absolute atomic E-state index is 10.6. The second-order valence-corrected chi connectivity index (χ2v) is 11.9. The standard InChI is InChI=1S/C34H48O5/c1-6-31-22(3)13-16-32(39-31)23(4)18-21(2)12-14-27-24(5)28(27)15-17-33-34(37)30(36)20-26(38-33)19-29(35)25-10-8-7-9-11-25/h7-15,17-18,21,24,26-37H,6,16,19-20H2,1-5H3/b14-12+,17-15+,23-18+/t21-,24-,26-,27+,28+,29?,30+,31-,32-,33+,34-/m1/s1. The largest absolute Gasteiger partial charge is 0.390 e. The monoisotopic (exact) mass is 536 g/mol. The highest BCUT2D eigenvalue weighted by Gasteiger charge is 2.43. The molecular weight excluding hydrogens is 488 g/mol. The van der Waals surface area contributed by atoms with Crippen molar-refractivity contribution in [3.05, 3.63) is 83.5 Å². The van der Waals surface area contributed by atoms with Crippen LogP contribution in [0.3, 0.4) is 0 Å². The van der Waals surface area contributed by atoms with E-state index >= 15 is 0 Å². The molecule has 0 aromatic heterocycles. The van der Waals surface area contributed by atoms with Crippen LogP contribution in [0.1, 0.15) is 72.0 Å². The molecule has 0 spiro atoms. The van der Waals surface area contributed by atoms with Crippen molar-refractivity contribution in [1.82, 2.24) is 0 Å². The molecule has 1 unspecified atom stereocenters. The Hall–Kier alpha value is -2.02. The summed E-state index contributed by atoms with van der Waals surface area (Å²) in [6, 6.07) is 9.49. The van der Waals surface area contributed by atoms with E-state index in [2.05, 4.69) is 65.0 Å². The smallest absolute Gasteiger partial charge is 0.110 e. The number of aliphatic hydroxyl groups is 3. The second kappa shape index (κ2) is 13.6. The van der Waals surface area contributed by atoms with Crippen molar-refractivity contribution in [3.8, 4) is 0 Å². The number of hydrogen-bond acceptors (Lipinski definition) is 5. The molecule has 0 bridgehead atoms. The Bertz CT molecular complexity index is 1040. The molecule has 0 radical (unpaired) electrons. The summed E-state index contributed by atoms with van der Waals surface area (Å²) in [7, 11) is 0. The molecule has 2 heterocycles. The first-order valence-electron chi connectivity index (χ1n) is 14.8. The molecule has 5 heteroatoms. The van der Waals surface area contributed by atoms with Crippen LogP contribution in [0, 0.1) is 23.7 Å². The Kier molecular flexibility index (Phi) is 10.4. The number of ether oxygens (including phenoxy) is 2. The summed E-state index contributed by atoms with van der Waals surface area (Å²) in [5, 5.41) is 31.6. The molecule has 1 aliphatic carbocycles. The first-order valence-corrected chi connectivity index (χ1v) is 14.8. The van der Waals surface area contributed by atoms with Gasteiger partial charge in [0.05, 0.1) is 30.5 Å². The summed E-state index contributed by atoms with van der Waals surface area (Å²) in [5.41, 5.74) is 3.47. The third kappa shape index (κ3) is 7.80. The SMILES string of the molecule is CC[C@H]1O[C@@H](/C(C)=C/[C@H](C)/C=C/[C@H]2[C@@H](C)[C@@H]2/C=C/[C@@H]2O[C@H](CC(O)c3ccccc3)C[C@H](O)[C@H]2O)CC=C1C. The molecule has 4 rings (SSSR count). The van der Waals surface area contributed by atoms with Gasteiger partial charge in [-0.2, -0.15) is 0 Å². The molecular formula is C34H48O5. The third-order valence-corrected chi connectivity index (χ3v) is 8.83. The highest BCUT2D eigenvalue weighted by Crippen LogP contribution is 2.48. The van der Waals surface area contributed by atoms with Gasteiger partial charge < -0.3 is 24.8 Å². The van der Waals surface area contributed by atoms with E-state index in [1.807, 2.05) is 36.4 Å². The Morgan fingerprint density at radius 1 is 1.08 bits per heavy atom. The normalized spacial score (nSPS) is 37.2. The maximum Gasteiger partial charge on any atom is 0.110 e. The lowest BCUT2D eigenvalue weighted by atomic mass is 9.93. The van der Waals surface area contributed by atoms with Crippen LogP contribution in [-0.2, 0) is 9.47 Å². The molecule has 5 nitrogen and oxygen atoms in total. The molecule has 2 aliphatic heterocycles. The summed E-state index contributed by atoms with van der Waals surface area (Å²) in [5.74, 6) is 1.70. The van der Waals surface area contributed by atoms with E-state index in [1.54, 1.807) is 0 Å². The fourth-order valence-corrected chi connectivity index (χ4v) is 6.11. The maximum atomic E-state index is 10.6. The minimum atomic E-state index is -0.963. The minimum absolute atomic E-state index is 0.167. The Labute approximate surface area is 234 Å². The van der Waals surface area contributed by atoms with E-state index in [0.29, 0.717) is 36.5 Å². The van der Waals surface area contributed by atoms with Crippen LogP contribution in [0.4, 0.5) is 0 Å². The van der Waals surface area contributed by atoms with Gasteiger partial charge in [-0.3, -0.25) is 0 Å². The van der Waals surface area contributed by atoms with Gasteiger partial charge in [-0.1, -0.05) is 87.6 Å². The molecule has 1 saturated carbocycles. The molecule has 0 amide bonds. The zero-order valence-corrected chi connectivity index (χ0v) is 24.2. The van der Waals surface area contributed by atoms with Crippen molar-refractivity contribution >= 4 is 0 Å². The number of allylic oxidation sites excluding steroid dienone is 4. The van der Waals surface area contributed by atoms with Crippen LogP contribution in [-0.4, -0.2) is 51.9 Å². The number of rotatable bonds is 10. The number of aliphatic hydroxyl groups excluding tert-OH is 3. The van der Waals surface area contributed by atoms with Crippen molar-refractivity contribution < 1.29 is 24.8 Å². The summed E-state index contributed by atoms with van der Waals surface area (Å²) in [6.07, 6.45) is 12.9. The zero-order valence-electron chi connectivity index (χ0n) is 24.2. The van der Waals surface area contributed by atoms with E-state index in [0.717, 1.165) is 18.4 Å². The molecule has 3 N–H and O–H groups in total. The van der Waals surface area contributed by atoms with E-state index in [9.17, 15) is 15.3 Å². The van der Waals surface area contributed by atoms with Gasteiger partial charge in [0.1, 0.15) is 12.2 Å². The summed E-state index contributed by atoms with van der Waals surface area (Å²) in [6.45, 7) is 11.0. The Balaban J connectivity index is 1.29. The van der Waals surface area contributed by atoms with Gasteiger partial charge in [-0.05, 0) is 67.1 Å². The predicted molar refractivity (Wildman–Crippen MR) is 156 cm³/mol. The molecule has 11 atom stereocenters. The van der Waals surface area contributed by atoms with E-state index in [4.69, 9.17) is 9.47 Å². The first-order chi connectivity index (χ1) is 18.7. The third-order valence-electron chi connectivity index (χ3n) is 8.83. The van der Waals surface area contributed by atoms with Crippen molar-refractivity contribution in [3.63, 3.8) is 0 Å². The average Bonchev–Trinajstić information content (AvgIpc) is 3.56. The van der Waals surface area contributed by atoms with Gasteiger partial charge in [-0.15, -0.1) is 0 Å².